The SMILES string of the molecule is CCCCCCCCCCN(CCO)C(=O)OCC1c2ccccc2-c2ccccc21.CCCCCCCCCCNCCO. The second-order valence-electron chi connectivity index (χ2n) is 12.4. The van der Waals surface area contributed by atoms with Crippen LogP contribution in [-0.4, -0.2) is 67.2 Å². The van der Waals surface area contributed by atoms with Gasteiger partial charge in [-0.2, -0.15) is 0 Å². The molecule has 3 rings (SSSR count). The summed E-state index contributed by atoms with van der Waals surface area (Å²) in [5.41, 5.74) is 4.89. The fourth-order valence-corrected chi connectivity index (χ4v) is 6.12. The number of hydrogen-bond donors (Lipinski definition) is 3. The predicted octanol–water partition coefficient (Wildman–Crippen LogP) is 9.08. The van der Waals surface area contributed by atoms with Gasteiger partial charge >= 0.3 is 6.09 Å². The number of hydrogen-bond acceptors (Lipinski definition) is 5. The molecule has 0 aromatic heterocycles. The van der Waals surface area contributed by atoms with Crippen LogP contribution < -0.4 is 5.32 Å². The van der Waals surface area contributed by atoms with Crippen molar-refractivity contribution in [3.63, 3.8) is 0 Å². The first-order valence-corrected chi connectivity index (χ1v) is 18.2. The third kappa shape index (κ3) is 15.6. The first kappa shape index (κ1) is 38.8. The summed E-state index contributed by atoms with van der Waals surface area (Å²) in [5, 5.41) is 21.1. The van der Waals surface area contributed by atoms with Gasteiger partial charge < -0.3 is 25.2 Å². The van der Waals surface area contributed by atoms with Gasteiger partial charge in [0.2, 0.25) is 0 Å². The summed E-state index contributed by atoms with van der Waals surface area (Å²) in [6, 6.07) is 16.7. The molecule has 6 nitrogen and oxygen atoms in total. The average Bonchev–Trinajstić information content (AvgIpc) is 3.39. The van der Waals surface area contributed by atoms with Gasteiger partial charge in [-0.1, -0.05) is 152 Å². The molecule has 0 radical (unpaired) electrons. The van der Waals surface area contributed by atoms with Crippen LogP contribution in [-0.2, 0) is 4.74 Å². The molecule has 0 saturated carbocycles. The van der Waals surface area contributed by atoms with Crippen LogP contribution in [0.25, 0.3) is 11.1 Å². The van der Waals surface area contributed by atoms with E-state index in [9.17, 15) is 9.90 Å². The predicted molar refractivity (Wildman–Crippen MR) is 189 cm³/mol. The van der Waals surface area contributed by atoms with E-state index < -0.39 is 0 Å². The second-order valence-corrected chi connectivity index (χ2v) is 12.4. The van der Waals surface area contributed by atoms with E-state index in [0.717, 1.165) is 25.9 Å². The Bertz CT molecular complexity index is 957. The largest absolute Gasteiger partial charge is 0.448 e. The van der Waals surface area contributed by atoms with Gasteiger partial charge in [-0.3, -0.25) is 0 Å². The van der Waals surface area contributed by atoms with Gasteiger partial charge in [0.25, 0.3) is 0 Å². The second kappa shape index (κ2) is 25.7. The van der Waals surface area contributed by atoms with Crippen LogP contribution in [0.1, 0.15) is 134 Å². The van der Waals surface area contributed by atoms with Crippen molar-refractivity contribution in [1.82, 2.24) is 10.2 Å². The van der Waals surface area contributed by atoms with E-state index in [0.29, 0.717) is 19.7 Å². The maximum Gasteiger partial charge on any atom is 0.409 e. The van der Waals surface area contributed by atoms with Gasteiger partial charge in [0.15, 0.2) is 0 Å². The summed E-state index contributed by atoms with van der Waals surface area (Å²) in [6.07, 6.45) is 20.4. The van der Waals surface area contributed by atoms with Crippen molar-refractivity contribution in [3.8, 4) is 11.1 Å². The Labute approximate surface area is 275 Å². The lowest BCUT2D eigenvalue weighted by atomic mass is 9.98. The number of amides is 1. The van der Waals surface area contributed by atoms with Crippen molar-refractivity contribution in [2.75, 3.05) is 46.0 Å². The zero-order valence-electron chi connectivity index (χ0n) is 28.6. The van der Waals surface area contributed by atoms with Crippen molar-refractivity contribution in [2.24, 2.45) is 0 Å². The van der Waals surface area contributed by atoms with Gasteiger partial charge in [0.05, 0.1) is 13.2 Å². The Morgan fingerprint density at radius 1 is 0.644 bits per heavy atom. The molecule has 2 aromatic carbocycles. The summed E-state index contributed by atoms with van der Waals surface area (Å²) < 4.78 is 5.75. The molecule has 0 aliphatic heterocycles. The van der Waals surface area contributed by atoms with E-state index in [4.69, 9.17) is 9.84 Å². The lowest BCUT2D eigenvalue weighted by molar-refractivity contribution is 0.0911. The highest BCUT2D eigenvalue weighted by atomic mass is 16.6. The third-order valence-corrected chi connectivity index (χ3v) is 8.74. The number of ether oxygens (including phenoxy) is 1. The monoisotopic (exact) mass is 624 g/mol. The molecule has 0 heterocycles. The highest BCUT2D eigenvalue weighted by Gasteiger charge is 2.29. The molecule has 0 spiro atoms. The van der Waals surface area contributed by atoms with Crippen LogP contribution >= 0.6 is 0 Å². The van der Waals surface area contributed by atoms with Gasteiger partial charge in [-0.05, 0) is 41.6 Å². The van der Waals surface area contributed by atoms with E-state index in [1.54, 1.807) is 4.90 Å². The van der Waals surface area contributed by atoms with E-state index in [2.05, 4.69) is 55.6 Å². The molecule has 1 aliphatic carbocycles. The highest BCUT2D eigenvalue weighted by Crippen LogP contribution is 2.44. The maximum atomic E-state index is 12.7. The summed E-state index contributed by atoms with van der Waals surface area (Å²) in [6.45, 7) is 7.82. The highest BCUT2D eigenvalue weighted by molar-refractivity contribution is 5.79. The average molecular weight is 625 g/mol. The fourth-order valence-electron chi connectivity index (χ4n) is 6.12. The summed E-state index contributed by atoms with van der Waals surface area (Å²) in [7, 11) is 0. The molecule has 1 aliphatic rings. The molecule has 0 saturated heterocycles. The number of fused-ring (bicyclic) bond motifs is 3. The maximum absolute atomic E-state index is 12.7. The van der Waals surface area contributed by atoms with Crippen LogP contribution in [0.3, 0.4) is 0 Å². The normalized spacial score (nSPS) is 11.9. The number of nitrogens with one attached hydrogen (secondary N) is 1. The van der Waals surface area contributed by atoms with Gasteiger partial charge in [-0.15, -0.1) is 0 Å². The third-order valence-electron chi connectivity index (χ3n) is 8.74. The van der Waals surface area contributed by atoms with Crippen LogP contribution in [0, 0.1) is 0 Å². The minimum atomic E-state index is -0.321. The zero-order valence-corrected chi connectivity index (χ0v) is 28.6. The molecular formula is C39H64N2O4. The quantitative estimate of drug-likeness (QED) is 0.102. The number of benzene rings is 2. The van der Waals surface area contributed by atoms with E-state index in [1.807, 2.05) is 12.1 Å². The minimum Gasteiger partial charge on any atom is -0.448 e. The van der Waals surface area contributed by atoms with Crippen molar-refractivity contribution in [2.45, 2.75) is 122 Å². The Morgan fingerprint density at radius 2 is 1.13 bits per heavy atom. The smallest absolute Gasteiger partial charge is 0.409 e. The molecule has 0 unspecified atom stereocenters. The van der Waals surface area contributed by atoms with E-state index >= 15 is 0 Å². The molecule has 2 aromatic rings. The first-order valence-electron chi connectivity index (χ1n) is 18.2. The van der Waals surface area contributed by atoms with Crippen molar-refractivity contribution in [1.29, 1.82) is 0 Å². The molecule has 6 heteroatoms. The Hall–Kier alpha value is -2.41. The Kier molecular flexibility index (Phi) is 22.2. The van der Waals surface area contributed by atoms with Crippen molar-refractivity contribution in [3.05, 3.63) is 59.7 Å². The number of nitrogens with zero attached hydrogens (tertiary/aromatic N) is 1. The number of unbranched alkanes of at least 4 members (excludes halogenated alkanes) is 14. The van der Waals surface area contributed by atoms with Gasteiger partial charge in [-0.25, -0.2) is 4.79 Å². The molecule has 1 amide bonds. The number of carbonyl (C=O) groups excluding carboxylic acids is 1. The Morgan fingerprint density at radius 3 is 1.64 bits per heavy atom. The zero-order chi connectivity index (χ0) is 32.4. The van der Waals surface area contributed by atoms with E-state index in [1.165, 1.54) is 112 Å². The summed E-state index contributed by atoms with van der Waals surface area (Å²) in [5.74, 6) is 0.0652. The first-order chi connectivity index (χ1) is 22.2. The molecular weight excluding hydrogens is 560 g/mol. The van der Waals surface area contributed by atoms with Crippen LogP contribution in [0.2, 0.25) is 0 Å². The minimum absolute atomic E-state index is 0.0405. The number of carbonyl (C=O) groups is 1. The van der Waals surface area contributed by atoms with Crippen LogP contribution in [0.4, 0.5) is 4.79 Å². The summed E-state index contributed by atoms with van der Waals surface area (Å²) >= 11 is 0. The molecule has 0 bridgehead atoms. The van der Waals surface area contributed by atoms with Crippen molar-refractivity contribution >= 4 is 6.09 Å². The fraction of sp³-hybridized carbons (Fsp3) is 0.667. The standard InChI is InChI=1S/C27H37NO3.C12H27NO/c1-2-3-4-5-6-7-8-13-18-28(19-20-29)27(30)31-21-26-24-16-11-9-14-22(24)23-15-10-12-17-25(23)26;1-2-3-4-5-6-7-8-9-10-13-11-12-14/h9-12,14-17,26,29H,2-8,13,18-21H2,1H3;13-14H,2-12H2,1H3. The van der Waals surface area contributed by atoms with Crippen LogP contribution in [0.15, 0.2) is 48.5 Å². The lowest BCUT2D eigenvalue weighted by Crippen LogP contribution is -2.35. The lowest BCUT2D eigenvalue weighted by Gasteiger charge is -2.23. The van der Waals surface area contributed by atoms with E-state index in [-0.39, 0.29) is 25.2 Å². The molecule has 45 heavy (non-hydrogen) atoms. The van der Waals surface area contributed by atoms with Crippen LogP contribution in [0.5, 0.6) is 0 Å². The number of rotatable bonds is 24. The molecule has 0 atom stereocenters. The van der Waals surface area contributed by atoms with Gasteiger partial charge in [0.1, 0.15) is 6.61 Å². The molecule has 0 fully saturated rings. The molecule has 3 N–H and O–H groups in total. The van der Waals surface area contributed by atoms with Crippen molar-refractivity contribution < 1.29 is 19.7 Å². The number of aliphatic hydroxyl groups is 2. The topological polar surface area (TPSA) is 82.0 Å². The van der Waals surface area contributed by atoms with Gasteiger partial charge in [0, 0.05) is 25.6 Å². The molecule has 254 valence electrons. The Balaban J connectivity index is 0.000000426. The summed E-state index contributed by atoms with van der Waals surface area (Å²) in [4.78, 5) is 14.4. The number of aliphatic hydroxyl groups excluding tert-OH is 2.